The van der Waals surface area contributed by atoms with Crippen molar-refractivity contribution >= 4 is 43.6 Å². The molecule has 0 saturated heterocycles. The van der Waals surface area contributed by atoms with Crippen LogP contribution in [0.15, 0.2) is 237 Å². The first-order valence-electron chi connectivity index (χ1n) is 26.2. The second kappa shape index (κ2) is 19.5. The number of alkyl halides is 3. The minimum atomic E-state index is -4.66. The highest BCUT2D eigenvalue weighted by Crippen LogP contribution is 2.45. The maximum atomic E-state index is 15.1. The zero-order valence-electron chi connectivity index (χ0n) is 43.2. The lowest BCUT2D eigenvalue weighted by molar-refractivity contribution is -0.137. The molecule has 0 bridgehead atoms. The van der Waals surface area contributed by atoms with Gasteiger partial charge in [-0.25, -0.2) is 29.9 Å². The van der Waals surface area contributed by atoms with Crippen molar-refractivity contribution in [2.45, 2.75) is 13.1 Å². The molecule has 4 aromatic heterocycles. The Morgan fingerprint density at radius 2 is 0.691 bits per heavy atom. The molecular formula is C69H42F3N9. The molecule has 0 radical (unpaired) electrons. The van der Waals surface area contributed by atoms with Gasteiger partial charge in [0.1, 0.15) is 0 Å². The van der Waals surface area contributed by atoms with Crippen molar-refractivity contribution in [3.05, 3.63) is 253 Å². The quantitative estimate of drug-likeness (QED) is 0.142. The van der Waals surface area contributed by atoms with Crippen molar-refractivity contribution in [2.24, 2.45) is 0 Å². The van der Waals surface area contributed by atoms with Gasteiger partial charge in [0.15, 0.2) is 34.9 Å². The summed E-state index contributed by atoms with van der Waals surface area (Å²) in [5.74, 6) is 3.01. The summed E-state index contributed by atoms with van der Waals surface area (Å²) in [7, 11) is 0. The number of para-hydroxylation sites is 2. The van der Waals surface area contributed by atoms with Gasteiger partial charge in [-0.15, -0.1) is 0 Å². The largest absolute Gasteiger partial charge is 0.416 e. The van der Waals surface area contributed by atoms with Crippen LogP contribution < -0.4 is 0 Å². The van der Waals surface area contributed by atoms with E-state index in [0.29, 0.717) is 68.6 Å². The van der Waals surface area contributed by atoms with Crippen LogP contribution in [0.5, 0.6) is 0 Å². The Kier molecular flexibility index (Phi) is 11.7. The van der Waals surface area contributed by atoms with Crippen LogP contribution >= 0.6 is 0 Å². The predicted octanol–water partition coefficient (Wildman–Crippen LogP) is 17.1. The van der Waals surface area contributed by atoms with Gasteiger partial charge in [0, 0.05) is 60.5 Å². The van der Waals surface area contributed by atoms with Crippen LogP contribution in [0.2, 0.25) is 0 Å². The zero-order chi connectivity index (χ0) is 54.8. The van der Waals surface area contributed by atoms with E-state index in [0.717, 1.165) is 83.1 Å². The fraction of sp³-hybridized carbons (Fsp3) is 0.0290. The van der Waals surface area contributed by atoms with E-state index in [9.17, 15) is 5.26 Å². The van der Waals surface area contributed by atoms with Gasteiger partial charge in [-0.05, 0) is 90.8 Å². The molecule has 0 fully saturated rings. The van der Waals surface area contributed by atoms with E-state index in [4.69, 9.17) is 29.9 Å². The monoisotopic (exact) mass is 1050 g/mol. The van der Waals surface area contributed by atoms with Crippen LogP contribution in [0, 0.1) is 18.3 Å². The number of halogens is 3. The molecule has 0 aliphatic rings. The van der Waals surface area contributed by atoms with Crippen LogP contribution in [0.3, 0.4) is 0 Å². The maximum absolute atomic E-state index is 15.1. The topological polar surface area (TPSA) is 111 Å². The number of aromatic nitrogens is 8. The zero-order valence-corrected chi connectivity index (χ0v) is 43.2. The SMILES string of the molecule is Cc1cc(-c2c(-n3c4ccccc4c4cc(-c5nc(-c6ccccc6)nc(-c6ccccc6)n5)ccc43)cc(C#N)cc2-n2c3ccccc3c3cc(-c4nc(-c5ccccc5)nc(-c5ccccc5)n4)ccc32)cc(C(F)(F)F)c1. The summed E-state index contributed by atoms with van der Waals surface area (Å²) < 4.78 is 49.5. The number of hydrogen-bond donors (Lipinski definition) is 0. The number of fused-ring (bicyclic) bond motifs is 6. The van der Waals surface area contributed by atoms with Crippen LogP contribution in [-0.4, -0.2) is 39.0 Å². The van der Waals surface area contributed by atoms with Crippen LogP contribution in [0.1, 0.15) is 16.7 Å². The van der Waals surface area contributed by atoms with E-state index >= 15 is 13.2 Å². The first-order valence-corrected chi connectivity index (χ1v) is 26.2. The lowest BCUT2D eigenvalue weighted by Gasteiger charge is -2.22. The Hall–Kier alpha value is -10.9. The molecule has 0 spiro atoms. The van der Waals surface area contributed by atoms with Crippen LogP contribution in [-0.2, 0) is 6.18 Å². The minimum absolute atomic E-state index is 0.302. The number of benzene rings is 10. The van der Waals surface area contributed by atoms with E-state index in [1.807, 2.05) is 194 Å². The van der Waals surface area contributed by atoms with Crippen molar-refractivity contribution in [1.82, 2.24) is 39.0 Å². The minimum Gasteiger partial charge on any atom is -0.308 e. The average Bonchev–Trinajstić information content (AvgIpc) is 4.19. The normalized spacial score (nSPS) is 11.7. The molecule has 9 nitrogen and oxygen atoms in total. The third-order valence-corrected chi connectivity index (χ3v) is 14.7. The van der Waals surface area contributed by atoms with Gasteiger partial charge in [0.25, 0.3) is 0 Å². The van der Waals surface area contributed by atoms with Gasteiger partial charge in [0.05, 0.1) is 50.6 Å². The molecule has 12 heteroatoms. The average molecular weight is 1050 g/mol. The van der Waals surface area contributed by atoms with E-state index in [1.165, 1.54) is 6.07 Å². The van der Waals surface area contributed by atoms with Gasteiger partial charge < -0.3 is 9.13 Å². The van der Waals surface area contributed by atoms with Crippen molar-refractivity contribution in [3.8, 4) is 96.9 Å². The molecule has 14 rings (SSSR count). The molecule has 81 heavy (non-hydrogen) atoms. The summed E-state index contributed by atoms with van der Waals surface area (Å²) in [6, 6.07) is 77.1. The standard InChI is InChI=1S/C69H42F3N9/c1-42-34-50(38-51(35-42)69(70,71)72)62-60(80-56-28-16-14-26-52(56)54-39-48(30-32-58(54)80)67-76-63(44-18-6-2-7-19-44)74-64(77-67)45-20-8-3-9-21-45)36-43(41-73)37-61(62)81-57-29-17-15-27-53(57)55-40-49(31-33-59(55)81)68-78-65(46-22-10-4-11-23-46)75-66(79-68)47-24-12-5-13-25-47/h2-40H,1H3. The number of aryl methyl sites for hydroxylation is 1. The van der Waals surface area contributed by atoms with Crippen LogP contribution in [0.4, 0.5) is 13.2 Å². The maximum Gasteiger partial charge on any atom is 0.416 e. The van der Waals surface area contributed by atoms with Crippen molar-refractivity contribution in [3.63, 3.8) is 0 Å². The van der Waals surface area contributed by atoms with E-state index < -0.39 is 11.7 Å². The summed E-state index contributed by atoms with van der Waals surface area (Å²) in [6.45, 7) is 1.67. The smallest absolute Gasteiger partial charge is 0.308 e. The number of nitriles is 1. The summed E-state index contributed by atoms with van der Waals surface area (Å²) >= 11 is 0. The predicted molar refractivity (Wildman–Crippen MR) is 314 cm³/mol. The number of nitrogens with zero attached hydrogens (tertiary/aromatic N) is 9. The van der Waals surface area contributed by atoms with Crippen LogP contribution in [0.25, 0.3) is 134 Å². The van der Waals surface area contributed by atoms with E-state index in [1.54, 1.807) is 25.1 Å². The molecule has 0 saturated carbocycles. The lowest BCUT2D eigenvalue weighted by atomic mass is 9.95. The van der Waals surface area contributed by atoms with Crippen molar-refractivity contribution in [1.29, 1.82) is 5.26 Å². The molecule has 0 N–H and O–H groups in total. The summed E-state index contributed by atoms with van der Waals surface area (Å²) in [6.07, 6.45) is -4.66. The summed E-state index contributed by atoms with van der Waals surface area (Å²) in [5, 5.41) is 14.5. The second-order valence-corrected chi connectivity index (χ2v) is 19.8. The van der Waals surface area contributed by atoms with E-state index in [2.05, 4.69) is 27.3 Å². The van der Waals surface area contributed by atoms with Gasteiger partial charge in [0.2, 0.25) is 0 Å². The third kappa shape index (κ3) is 8.70. The van der Waals surface area contributed by atoms with Crippen molar-refractivity contribution < 1.29 is 13.2 Å². The highest BCUT2D eigenvalue weighted by atomic mass is 19.4. The first-order chi connectivity index (χ1) is 39.6. The Morgan fingerprint density at radius 1 is 0.346 bits per heavy atom. The molecule has 14 aromatic rings. The molecule has 4 heterocycles. The molecule has 0 atom stereocenters. The van der Waals surface area contributed by atoms with Gasteiger partial charge >= 0.3 is 6.18 Å². The molecular weight excluding hydrogens is 1010 g/mol. The highest BCUT2D eigenvalue weighted by Gasteiger charge is 2.32. The first kappa shape index (κ1) is 48.5. The fourth-order valence-electron chi connectivity index (χ4n) is 11.0. The Balaban J connectivity index is 1.02. The number of rotatable bonds is 9. The van der Waals surface area contributed by atoms with Gasteiger partial charge in [-0.1, -0.05) is 164 Å². The molecule has 0 aliphatic carbocycles. The molecule has 0 amide bonds. The van der Waals surface area contributed by atoms with E-state index in [-0.39, 0.29) is 0 Å². The van der Waals surface area contributed by atoms with Gasteiger partial charge in [-0.3, -0.25) is 0 Å². The lowest BCUT2D eigenvalue weighted by Crippen LogP contribution is -2.08. The summed E-state index contributed by atoms with van der Waals surface area (Å²) in [4.78, 5) is 30.0. The van der Waals surface area contributed by atoms with Crippen molar-refractivity contribution in [2.75, 3.05) is 0 Å². The molecule has 10 aromatic carbocycles. The Labute approximate surface area is 462 Å². The second-order valence-electron chi connectivity index (χ2n) is 19.8. The Bertz CT molecular complexity index is 4440. The molecule has 0 aliphatic heterocycles. The van der Waals surface area contributed by atoms with Gasteiger partial charge in [-0.2, -0.15) is 18.4 Å². The Morgan fingerprint density at radius 3 is 1.06 bits per heavy atom. The fourth-order valence-corrected chi connectivity index (χ4v) is 11.0. The summed E-state index contributed by atoms with van der Waals surface area (Å²) in [5.41, 5.74) is 9.61. The third-order valence-electron chi connectivity index (χ3n) is 14.7. The molecule has 384 valence electrons. The number of hydrogen-bond acceptors (Lipinski definition) is 7. The molecule has 0 unspecified atom stereocenters. The highest BCUT2D eigenvalue weighted by molar-refractivity contribution is 6.13.